The van der Waals surface area contributed by atoms with E-state index in [1.165, 1.54) is 42.5 Å². The lowest BCUT2D eigenvalue weighted by Crippen LogP contribution is -2.42. The highest BCUT2D eigenvalue weighted by atomic mass is 16.3. The molecule has 0 bridgehead atoms. The van der Waals surface area contributed by atoms with Gasteiger partial charge in [-0.3, -0.25) is 4.68 Å². The Kier molecular flexibility index (Phi) is 4.79. The summed E-state index contributed by atoms with van der Waals surface area (Å²) in [4.78, 5) is 0. The number of hydrogen-bond donors (Lipinski definition) is 1. The van der Waals surface area contributed by atoms with Crippen molar-refractivity contribution in [2.75, 3.05) is 0 Å². The molecule has 0 saturated heterocycles. The number of aromatic hydroxyl groups is 1. The Hall–Kier alpha value is -2.43. The van der Waals surface area contributed by atoms with Gasteiger partial charge in [-0.15, -0.1) is 0 Å². The first kappa shape index (κ1) is 19.5. The fourth-order valence-electron chi connectivity index (χ4n) is 6.59. The Labute approximate surface area is 178 Å². The Morgan fingerprint density at radius 1 is 1.27 bits per heavy atom. The number of fused-ring (bicyclic) bond motifs is 5. The summed E-state index contributed by atoms with van der Waals surface area (Å²) in [5.41, 5.74) is 6.51. The maximum Gasteiger partial charge on any atom is 0.115 e. The number of rotatable bonds is 3. The Morgan fingerprint density at radius 2 is 2.13 bits per heavy atom. The minimum Gasteiger partial charge on any atom is -0.508 e. The molecule has 5 rings (SSSR count). The number of benzene rings is 1. The van der Waals surface area contributed by atoms with E-state index in [1.807, 2.05) is 29.2 Å². The predicted octanol–water partition coefficient (Wildman–Crippen LogP) is 5.25. The normalized spacial score (nSPS) is 31.7. The van der Waals surface area contributed by atoms with Gasteiger partial charge in [0.25, 0.3) is 0 Å². The van der Waals surface area contributed by atoms with E-state index in [4.69, 9.17) is 5.10 Å². The first-order valence-corrected chi connectivity index (χ1v) is 11.5. The van der Waals surface area contributed by atoms with Crippen molar-refractivity contribution >= 4 is 11.9 Å². The van der Waals surface area contributed by atoms with Crippen molar-refractivity contribution in [3.05, 3.63) is 46.8 Å². The second-order valence-corrected chi connectivity index (χ2v) is 9.59. The van der Waals surface area contributed by atoms with E-state index in [0.717, 1.165) is 36.6 Å². The molecule has 0 spiro atoms. The van der Waals surface area contributed by atoms with Gasteiger partial charge in [-0.05, 0) is 93.4 Å². The van der Waals surface area contributed by atoms with Gasteiger partial charge in [0, 0.05) is 28.9 Å². The molecule has 158 valence electrons. The molecule has 30 heavy (non-hydrogen) atoms. The summed E-state index contributed by atoms with van der Waals surface area (Å²) in [6.45, 7) is 7.49. The molecular weight excluding hydrogens is 372 g/mol. The smallest absolute Gasteiger partial charge is 0.115 e. The molecule has 0 aliphatic heterocycles. The minimum absolute atomic E-state index is 0.176. The highest BCUT2D eigenvalue weighted by Gasteiger charge is 2.53. The van der Waals surface area contributed by atoms with Crippen LogP contribution in [0.1, 0.15) is 74.3 Å². The molecule has 5 nitrogen and oxygen atoms in total. The second kappa shape index (κ2) is 7.36. The maximum absolute atomic E-state index is 9.87. The van der Waals surface area contributed by atoms with Gasteiger partial charge >= 0.3 is 0 Å². The van der Waals surface area contributed by atoms with Crippen LogP contribution in [0.3, 0.4) is 0 Å². The van der Waals surface area contributed by atoms with Crippen LogP contribution < -0.4 is 0 Å². The lowest BCUT2D eigenvalue weighted by Gasteiger charge is -2.49. The average molecular weight is 405 g/mol. The van der Waals surface area contributed by atoms with Gasteiger partial charge in [-0.25, -0.2) is 0 Å². The van der Waals surface area contributed by atoms with Gasteiger partial charge in [-0.1, -0.05) is 13.0 Å². The van der Waals surface area contributed by atoms with Crippen LogP contribution in [0.2, 0.25) is 0 Å². The van der Waals surface area contributed by atoms with Crippen LogP contribution in [0, 0.1) is 24.2 Å². The molecular formula is C25H32N4O. The molecule has 3 aliphatic carbocycles. The van der Waals surface area contributed by atoms with Gasteiger partial charge < -0.3 is 5.11 Å². The molecule has 2 saturated carbocycles. The molecule has 0 radical (unpaired) electrons. The van der Waals surface area contributed by atoms with Crippen molar-refractivity contribution in [1.29, 1.82) is 0 Å². The maximum atomic E-state index is 9.87. The molecule has 5 heteroatoms. The lowest BCUT2D eigenvalue weighted by molar-refractivity contribution is 0.0955. The van der Waals surface area contributed by atoms with E-state index in [9.17, 15) is 5.11 Å². The molecule has 4 atom stereocenters. The van der Waals surface area contributed by atoms with Crippen molar-refractivity contribution in [2.45, 2.75) is 71.8 Å². The first-order chi connectivity index (χ1) is 14.5. The van der Waals surface area contributed by atoms with E-state index in [1.54, 1.807) is 0 Å². The summed E-state index contributed by atoms with van der Waals surface area (Å²) >= 11 is 0. The van der Waals surface area contributed by atoms with Crippen molar-refractivity contribution < 1.29 is 5.11 Å². The Morgan fingerprint density at radius 3 is 2.93 bits per heavy atom. The fraction of sp³-hybridized carbons (Fsp3) is 0.560. The van der Waals surface area contributed by atoms with E-state index >= 15 is 0 Å². The summed E-state index contributed by atoms with van der Waals surface area (Å²) in [7, 11) is 0. The summed E-state index contributed by atoms with van der Waals surface area (Å²) in [6.07, 6.45) is 10.7. The largest absolute Gasteiger partial charge is 0.508 e. The average Bonchev–Trinajstić information content (AvgIpc) is 3.27. The van der Waals surface area contributed by atoms with Crippen molar-refractivity contribution in [3.8, 4) is 5.75 Å². The Bertz CT molecular complexity index is 1020. The number of hydrogen-bond acceptors (Lipinski definition) is 4. The molecule has 2 aromatic rings. The van der Waals surface area contributed by atoms with E-state index in [2.05, 4.69) is 37.0 Å². The summed E-state index contributed by atoms with van der Waals surface area (Å²) in [5.74, 6) is 2.46. The van der Waals surface area contributed by atoms with Gasteiger partial charge in [-0.2, -0.15) is 15.3 Å². The van der Waals surface area contributed by atoms with Crippen LogP contribution in [0.25, 0.3) is 0 Å². The SMILES string of the molecule is CCn1ncc(/C=N\N=C2\CC[C@@H]3[C@@H]4CCc5cc(O)ccc5[C@H]4CC[C@@]23C)c1C. The van der Waals surface area contributed by atoms with E-state index in [-0.39, 0.29) is 5.41 Å². The van der Waals surface area contributed by atoms with Gasteiger partial charge in [0.1, 0.15) is 5.75 Å². The van der Waals surface area contributed by atoms with Gasteiger partial charge in [0.2, 0.25) is 0 Å². The third kappa shape index (κ3) is 3.01. The molecule has 2 fully saturated rings. The number of nitrogens with zero attached hydrogens (tertiary/aromatic N) is 4. The zero-order valence-electron chi connectivity index (χ0n) is 18.3. The number of aryl methyl sites for hydroxylation is 2. The van der Waals surface area contributed by atoms with Gasteiger partial charge in [0.05, 0.1) is 12.4 Å². The molecule has 1 aromatic heterocycles. The molecule has 3 aliphatic rings. The Balaban J connectivity index is 1.37. The zero-order valence-corrected chi connectivity index (χ0v) is 18.3. The van der Waals surface area contributed by atoms with Crippen molar-refractivity contribution in [2.24, 2.45) is 27.5 Å². The van der Waals surface area contributed by atoms with E-state index < -0.39 is 0 Å². The molecule has 1 heterocycles. The first-order valence-electron chi connectivity index (χ1n) is 11.5. The van der Waals surface area contributed by atoms with E-state index in [0.29, 0.717) is 17.6 Å². The number of aromatic nitrogens is 2. The predicted molar refractivity (Wildman–Crippen MR) is 120 cm³/mol. The van der Waals surface area contributed by atoms with Crippen LogP contribution in [0.4, 0.5) is 0 Å². The van der Waals surface area contributed by atoms with Crippen LogP contribution in [0.5, 0.6) is 5.75 Å². The molecule has 0 amide bonds. The number of phenols is 1. The lowest BCUT2D eigenvalue weighted by atomic mass is 9.55. The van der Waals surface area contributed by atoms with Crippen LogP contribution >= 0.6 is 0 Å². The van der Waals surface area contributed by atoms with Crippen LogP contribution in [-0.4, -0.2) is 26.8 Å². The molecule has 1 N–H and O–H groups in total. The third-order valence-corrected chi connectivity index (χ3v) is 8.27. The third-order valence-electron chi connectivity index (χ3n) is 8.27. The molecule has 1 aromatic carbocycles. The quantitative estimate of drug-likeness (QED) is 0.561. The fourth-order valence-corrected chi connectivity index (χ4v) is 6.59. The topological polar surface area (TPSA) is 62.8 Å². The second-order valence-electron chi connectivity index (χ2n) is 9.59. The molecule has 0 unspecified atom stereocenters. The summed E-state index contributed by atoms with van der Waals surface area (Å²) in [5, 5.41) is 23.5. The van der Waals surface area contributed by atoms with Crippen molar-refractivity contribution in [1.82, 2.24) is 9.78 Å². The summed E-state index contributed by atoms with van der Waals surface area (Å²) in [6, 6.07) is 6.03. The zero-order chi connectivity index (χ0) is 20.9. The van der Waals surface area contributed by atoms with Gasteiger partial charge in [0.15, 0.2) is 0 Å². The standard InChI is InChI=1S/C25H32N4O/c1-4-29-16(2)18(15-27-29)14-26-28-24-10-9-23-22-7-5-17-13-19(30)6-8-20(17)21(22)11-12-25(23,24)3/h6,8,13-15,21-23,30H,4-5,7,9-12H2,1-3H3/b26-14-,28-24-/t21-,22-,23-,25-/m1/s1. The van der Waals surface area contributed by atoms with Crippen LogP contribution in [-0.2, 0) is 13.0 Å². The highest BCUT2D eigenvalue weighted by molar-refractivity contribution is 5.93. The van der Waals surface area contributed by atoms with Crippen molar-refractivity contribution in [3.63, 3.8) is 0 Å². The summed E-state index contributed by atoms with van der Waals surface area (Å²) < 4.78 is 1.99. The number of phenolic OH excluding ortho intramolecular Hbond substituents is 1. The monoisotopic (exact) mass is 404 g/mol. The van der Waals surface area contributed by atoms with Crippen LogP contribution in [0.15, 0.2) is 34.6 Å². The minimum atomic E-state index is 0.176. The highest BCUT2D eigenvalue weighted by Crippen LogP contribution is 2.60.